The van der Waals surface area contributed by atoms with Gasteiger partial charge in [-0.05, 0) is 23.8 Å². The van der Waals surface area contributed by atoms with E-state index in [2.05, 4.69) is 5.10 Å². The summed E-state index contributed by atoms with van der Waals surface area (Å²) in [5.74, 6) is -10.7. The van der Waals surface area contributed by atoms with Gasteiger partial charge < -0.3 is 4.57 Å². The Morgan fingerprint density at radius 2 is 1.39 bits per heavy atom. The first-order valence-electron chi connectivity index (χ1n) is 8.99. The number of rotatable bonds is 5. The molecule has 3 aromatic carbocycles. The molecule has 3 nitrogen and oxygen atoms in total. The molecule has 0 aliphatic rings. The Morgan fingerprint density at radius 3 is 2.06 bits per heavy atom. The molecule has 1 heterocycles. The minimum absolute atomic E-state index is 0.354. The molecule has 0 saturated heterocycles. The number of nitrogens with one attached hydrogen (secondary N) is 1. The number of aromatic nitrogens is 1. The molecular weight excluding hydrogens is 420 g/mol. The van der Waals surface area contributed by atoms with Gasteiger partial charge in [-0.15, -0.1) is 0 Å². The van der Waals surface area contributed by atoms with Crippen molar-refractivity contribution in [2.24, 2.45) is 5.10 Å². The molecule has 31 heavy (non-hydrogen) atoms. The predicted molar refractivity (Wildman–Crippen MR) is 105 cm³/mol. The average Bonchev–Trinajstić information content (AvgIpc) is 3.12. The van der Waals surface area contributed by atoms with Crippen LogP contribution in [-0.2, 0) is 6.54 Å². The third kappa shape index (κ3) is 3.86. The van der Waals surface area contributed by atoms with Gasteiger partial charge in [-0.3, -0.25) is 5.43 Å². The fraction of sp³-hybridized carbons (Fsp3) is 0.0455. The lowest BCUT2D eigenvalue weighted by Crippen LogP contribution is -2.06. The maximum absolute atomic E-state index is 13.8. The fourth-order valence-electron chi connectivity index (χ4n) is 3.16. The number of anilines is 1. The van der Waals surface area contributed by atoms with Gasteiger partial charge in [0.1, 0.15) is 11.5 Å². The molecule has 158 valence electrons. The van der Waals surface area contributed by atoms with Gasteiger partial charge >= 0.3 is 0 Å². The van der Waals surface area contributed by atoms with Gasteiger partial charge in [0.25, 0.3) is 0 Å². The first-order valence-corrected chi connectivity index (χ1v) is 8.99. The Labute approximate surface area is 172 Å². The highest BCUT2D eigenvalue weighted by Gasteiger charge is 2.25. The van der Waals surface area contributed by atoms with Crippen LogP contribution in [0, 0.1) is 34.9 Å². The highest BCUT2D eigenvalue weighted by Crippen LogP contribution is 2.27. The van der Waals surface area contributed by atoms with Crippen molar-refractivity contribution in [3.05, 3.63) is 101 Å². The zero-order valence-electron chi connectivity index (χ0n) is 15.6. The minimum atomic E-state index is -2.24. The number of hydrogen-bond donors (Lipinski definition) is 1. The molecule has 0 spiro atoms. The average molecular weight is 433 g/mol. The minimum Gasteiger partial charge on any atom is -0.342 e. The standard InChI is InChI=1S/C22H13F6N3/c23-14-7-5-12(6-8-14)10-31-11-13(15-3-1-2-4-16(15)31)9-29-30-22-20(27)18(25)17(24)19(26)21(22)28/h1-9,11,30H,10H2/b29-9+. The van der Waals surface area contributed by atoms with Crippen molar-refractivity contribution in [2.45, 2.75) is 6.54 Å². The predicted octanol–water partition coefficient (Wildman–Crippen LogP) is 5.97. The van der Waals surface area contributed by atoms with Crippen molar-refractivity contribution in [3.8, 4) is 0 Å². The van der Waals surface area contributed by atoms with Crippen molar-refractivity contribution in [1.82, 2.24) is 4.57 Å². The van der Waals surface area contributed by atoms with Gasteiger partial charge in [-0.1, -0.05) is 30.3 Å². The van der Waals surface area contributed by atoms with E-state index >= 15 is 0 Å². The van der Waals surface area contributed by atoms with Crippen LogP contribution in [0.15, 0.2) is 59.8 Å². The van der Waals surface area contributed by atoms with Crippen LogP contribution in [0.2, 0.25) is 0 Å². The van der Waals surface area contributed by atoms with Crippen LogP contribution in [0.1, 0.15) is 11.1 Å². The first-order chi connectivity index (χ1) is 14.9. The second-order valence-electron chi connectivity index (χ2n) is 6.67. The molecule has 4 rings (SSSR count). The summed E-state index contributed by atoms with van der Waals surface area (Å²) in [7, 11) is 0. The van der Waals surface area contributed by atoms with E-state index in [9.17, 15) is 26.3 Å². The van der Waals surface area contributed by atoms with Crippen LogP contribution in [0.5, 0.6) is 0 Å². The van der Waals surface area contributed by atoms with Gasteiger partial charge in [0, 0.05) is 29.2 Å². The van der Waals surface area contributed by atoms with E-state index in [0.717, 1.165) is 16.5 Å². The molecule has 0 bridgehead atoms. The summed E-state index contributed by atoms with van der Waals surface area (Å²) in [5, 5.41) is 4.40. The van der Waals surface area contributed by atoms with E-state index < -0.39 is 34.8 Å². The quantitative estimate of drug-likeness (QED) is 0.136. The lowest BCUT2D eigenvalue weighted by atomic mass is 10.2. The Balaban J connectivity index is 1.65. The number of benzene rings is 3. The molecule has 0 saturated carbocycles. The van der Waals surface area contributed by atoms with Gasteiger partial charge in [0.05, 0.1) is 6.21 Å². The summed E-state index contributed by atoms with van der Waals surface area (Å²) < 4.78 is 82.3. The molecule has 0 aliphatic carbocycles. The third-order valence-electron chi connectivity index (χ3n) is 4.68. The zero-order chi connectivity index (χ0) is 22.1. The molecule has 0 fully saturated rings. The van der Waals surface area contributed by atoms with Crippen molar-refractivity contribution >= 4 is 22.8 Å². The lowest BCUT2D eigenvalue weighted by molar-refractivity contribution is 0.381. The summed E-state index contributed by atoms with van der Waals surface area (Å²) in [6, 6.07) is 13.2. The maximum atomic E-state index is 13.8. The molecule has 4 aromatic rings. The zero-order valence-corrected chi connectivity index (χ0v) is 15.6. The molecule has 0 aliphatic heterocycles. The van der Waals surface area contributed by atoms with Crippen molar-refractivity contribution < 1.29 is 26.3 Å². The Morgan fingerprint density at radius 1 is 0.774 bits per heavy atom. The van der Waals surface area contributed by atoms with Crippen LogP contribution in [0.4, 0.5) is 32.0 Å². The molecular formula is C22H13F6N3. The molecule has 1 N–H and O–H groups in total. The maximum Gasteiger partial charge on any atom is 0.200 e. The second-order valence-corrected chi connectivity index (χ2v) is 6.67. The van der Waals surface area contributed by atoms with Crippen LogP contribution in [0.25, 0.3) is 10.9 Å². The Hall–Kier alpha value is -3.75. The second kappa shape index (κ2) is 8.17. The smallest absolute Gasteiger partial charge is 0.200 e. The highest BCUT2D eigenvalue weighted by atomic mass is 19.2. The molecule has 0 amide bonds. The molecule has 0 atom stereocenters. The monoisotopic (exact) mass is 433 g/mol. The topological polar surface area (TPSA) is 29.3 Å². The molecule has 1 aromatic heterocycles. The van der Waals surface area contributed by atoms with Crippen molar-refractivity contribution in [2.75, 3.05) is 5.43 Å². The lowest BCUT2D eigenvalue weighted by Gasteiger charge is -2.06. The molecule has 9 heteroatoms. The number of halogens is 6. The summed E-state index contributed by atoms with van der Waals surface area (Å²) in [6.07, 6.45) is 2.92. The van der Waals surface area contributed by atoms with Crippen molar-refractivity contribution in [3.63, 3.8) is 0 Å². The van der Waals surface area contributed by atoms with E-state index in [1.165, 1.54) is 18.3 Å². The van der Waals surface area contributed by atoms with Gasteiger partial charge in [-0.25, -0.2) is 26.3 Å². The normalized spacial score (nSPS) is 11.5. The number of hydrogen-bond acceptors (Lipinski definition) is 2. The fourth-order valence-corrected chi connectivity index (χ4v) is 3.16. The number of nitrogens with zero attached hydrogens (tertiary/aromatic N) is 2. The van der Waals surface area contributed by atoms with E-state index in [1.807, 2.05) is 22.1 Å². The number of hydrazone groups is 1. The number of para-hydroxylation sites is 1. The molecule has 0 radical (unpaired) electrons. The van der Waals surface area contributed by atoms with Gasteiger partial charge in [0.15, 0.2) is 23.3 Å². The van der Waals surface area contributed by atoms with E-state index in [-0.39, 0.29) is 5.82 Å². The first kappa shape index (κ1) is 20.5. The summed E-state index contributed by atoms with van der Waals surface area (Å²) in [6.45, 7) is 0.416. The van der Waals surface area contributed by atoms with Crippen LogP contribution >= 0.6 is 0 Å². The number of fused-ring (bicyclic) bond motifs is 1. The molecule has 0 unspecified atom stereocenters. The van der Waals surface area contributed by atoms with Gasteiger partial charge in [-0.2, -0.15) is 5.10 Å². The van der Waals surface area contributed by atoms with E-state index in [1.54, 1.807) is 30.5 Å². The third-order valence-corrected chi connectivity index (χ3v) is 4.68. The summed E-state index contributed by atoms with van der Waals surface area (Å²) >= 11 is 0. The SMILES string of the molecule is Fc1ccc(Cn2cc(/C=N/Nc3c(F)c(F)c(F)c(F)c3F)c3ccccc32)cc1. The Kier molecular flexibility index (Phi) is 5.41. The van der Waals surface area contributed by atoms with Crippen LogP contribution in [-0.4, -0.2) is 10.8 Å². The van der Waals surface area contributed by atoms with Crippen LogP contribution in [0.3, 0.4) is 0 Å². The highest BCUT2D eigenvalue weighted by molar-refractivity contribution is 5.99. The Bertz CT molecular complexity index is 1270. The van der Waals surface area contributed by atoms with Gasteiger partial charge in [0.2, 0.25) is 5.82 Å². The largest absolute Gasteiger partial charge is 0.342 e. The van der Waals surface area contributed by atoms with E-state index in [4.69, 9.17) is 0 Å². The summed E-state index contributed by atoms with van der Waals surface area (Å²) in [5.41, 5.74) is 2.83. The van der Waals surface area contributed by atoms with Crippen molar-refractivity contribution in [1.29, 1.82) is 0 Å². The summed E-state index contributed by atoms with van der Waals surface area (Å²) in [4.78, 5) is 0. The van der Waals surface area contributed by atoms with E-state index in [0.29, 0.717) is 12.1 Å². The van der Waals surface area contributed by atoms with Crippen LogP contribution < -0.4 is 5.43 Å².